The number of ether oxygens (including phenoxy) is 1. The number of hydrogen-bond donors (Lipinski definition) is 0. The van der Waals surface area contributed by atoms with E-state index < -0.39 is 0 Å². The van der Waals surface area contributed by atoms with Gasteiger partial charge in [-0.05, 0) is 36.2 Å². The summed E-state index contributed by atoms with van der Waals surface area (Å²) in [4.78, 5) is 17.3. The van der Waals surface area contributed by atoms with Gasteiger partial charge in [-0.1, -0.05) is 74.7 Å². The highest BCUT2D eigenvalue weighted by atomic mass is 16.5. The molecule has 1 heterocycles. The van der Waals surface area contributed by atoms with E-state index in [2.05, 4.69) is 19.1 Å². The van der Waals surface area contributed by atoms with Gasteiger partial charge in [0.1, 0.15) is 0 Å². The fourth-order valence-electron chi connectivity index (χ4n) is 3.73. The maximum Gasteiger partial charge on any atom is 0.338 e. The second-order valence-corrected chi connectivity index (χ2v) is 7.30. The number of pyridine rings is 1. The van der Waals surface area contributed by atoms with E-state index in [4.69, 9.17) is 9.72 Å². The molecule has 0 saturated carbocycles. The molecule has 3 heteroatoms. The highest BCUT2D eigenvalue weighted by molar-refractivity contribution is 6.10. The van der Waals surface area contributed by atoms with E-state index in [0.29, 0.717) is 12.2 Å². The number of benzene rings is 3. The number of carbonyl (C=O) groups excluding carboxylic acids is 1. The van der Waals surface area contributed by atoms with Crippen LogP contribution in [0.4, 0.5) is 0 Å². The summed E-state index contributed by atoms with van der Waals surface area (Å²) in [5, 5.41) is 2.16. The van der Waals surface area contributed by atoms with Crippen LogP contribution in [0.2, 0.25) is 0 Å². The van der Waals surface area contributed by atoms with Crippen molar-refractivity contribution in [2.45, 2.75) is 32.6 Å². The molecule has 146 valence electrons. The van der Waals surface area contributed by atoms with Crippen LogP contribution >= 0.6 is 0 Å². The van der Waals surface area contributed by atoms with Gasteiger partial charge in [-0.2, -0.15) is 0 Å². The van der Waals surface area contributed by atoms with Crippen LogP contribution in [0.3, 0.4) is 0 Å². The van der Waals surface area contributed by atoms with E-state index in [9.17, 15) is 4.79 Å². The third kappa shape index (κ3) is 4.14. The van der Waals surface area contributed by atoms with Crippen molar-refractivity contribution in [1.82, 2.24) is 4.98 Å². The second-order valence-electron chi connectivity index (χ2n) is 7.30. The summed E-state index contributed by atoms with van der Waals surface area (Å²) in [6.45, 7) is 2.65. The summed E-state index contributed by atoms with van der Waals surface area (Å²) >= 11 is 0. The highest BCUT2D eigenvalue weighted by Crippen LogP contribution is 2.35. The van der Waals surface area contributed by atoms with Gasteiger partial charge in [-0.25, -0.2) is 9.78 Å². The Morgan fingerprint density at radius 2 is 1.52 bits per heavy atom. The molecule has 0 saturated heterocycles. The Bertz CT molecular complexity index is 1100. The van der Waals surface area contributed by atoms with Gasteiger partial charge in [0.25, 0.3) is 0 Å². The van der Waals surface area contributed by atoms with Crippen LogP contribution in [0.5, 0.6) is 0 Å². The highest BCUT2D eigenvalue weighted by Gasteiger charge is 2.13. The minimum Gasteiger partial charge on any atom is -0.462 e. The van der Waals surface area contributed by atoms with Crippen LogP contribution in [-0.4, -0.2) is 17.6 Å². The van der Waals surface area contributed by atoms with Crippen molar-refractivity contribution >= 4 is 27.8 Å². The Morgan fingerprint density at radius 1 is 0.828 bits per heavy atom. The number of fused-ring (bicyclic) bond motifs is 2. The molecule has 3 nitrogen and oxygen atoms in total. The molecule has 3 aromatic carbocycles. The smallest absolute Gasteiger partial charge is 0.338 e. The average molecular weight is 383 g/mol. The zero-order valence-electron chi connectivity index (χ0n) is 16.7. The van der Waals surface area contributed by atoms with Crippen molar-refractivity contribution in [3.05, 3.63) is 78.4 Å². The Hall–Kier alpha value is -3.20. The fourth-order valence-corrected chi connectivity index (χ4v) is 3.73. The van der Waals surface area contributed by atoms with Gasteiger partial charge in [0, 0.05) is 16.3 Å². The first-order valence-electron chi connectivity index (χ1n) is 10.3. The second kappa shape index (κ2) is 8.87. The lowest BCUT2D eigenvalue weighted by atomic mass is 9.95. The molecule has 0 radical (unpaired) electrons. The average Bonchev–Trinajstić information content (AvgIpc) is 2.77. The molecular weight excluding hydrogens is 358 g/mol. The summed E-state index contributed by atoms with van der Waals surface area (Å²) in [7, 11) is 0. The summed E-state index contributed by atoms with van der Waals surface area (Å²) in [6, 6.07) is 24.0. The predicted molar refractivity (Wildman–Crippen MR) is 119 cm³/mol. The van der Waals surface area contributed by atoms with E-state index in [-0.39, 0.29) is 5.97 Å². The molecule has 0 spiro atoms. The van der Waals surface area contributed by atoms with Crippen molar-refractivity contribution in [2.24, 2.45) is 0 Å². The number of unbranched alkanes of at least 4 members (excludes halogenated alkanes) is 3. The third-order valence-corrected chi connectivity index (χ3v) is 5.21. The van der Waals surface area contributed by atoms with Crippen molar-refractivity contribution in [2.75, 3.05) is 6.61 Å². The number of para-hydroxylation sites is 2. The maximum absolute atomic E-state index is 12.6. The number of carbonyl (C=O) groups is 1. The van der Waals surface area contributed by atoms with Gasteiger partial charge in [-0.15, -0.1) is 0 Å². The predicted octanol–water partition coefficient (Wildman–Crippen LogP) is 6.79. The number of hydrogen-bond acceptors (Lipinski definition) is 3. The van der Waals surface area contributed by atoms with Gasteiger partial charge in [0.15, 0.2) is 0 Å². The zero-order chi connectivity index (χ0) is 20.1. The van der Waals surface area contributed by atoms with Gasteiger partial charge >= 0.3 is 5.97 Å². The normalized spacial score (nSPS) is 11.1. The number of nitrogens with zero attached hydrogens (tertiary/aromatic N) is 1. The number of rotatable bonds is 7. The Labute approximate surface area is 171 Å². The largest absolute Gasteiger partial charge is 0.462 e. The number of esters is 1. The van der Waals surface area contributed by atoms with Crippen molar-refractivity contribution < 1.29 is 9.53 Å². The molecule has 29 heavy (non-hydrogen) atoms. The molecule has 1 aromatic heterocycles. The molecule has 4 rings (SSSR count). The topological polar surface area (TPSA) is 39.2 Å². The molecule has 0 fully saturated rings. The van der Waals surface area contributed by atoms with Crippen molar-refractivity contribution in [3.63, 3.8) is 0 Å². The summed E-state index contributed by atoms with van der Waals surface area (Å²) in [5.74, 6) is -0.258. The van der Waals surface area contributed by atoms with Gasteiger partial charge in [0.05, 0.1) is 23.2 Å². The van der Waals surface area contributed by atoms with E-state index in [0.717, 1.165) is 45.8 Å². The van der Waals surface area contributed by atoms with Crippen molar-refractivity contribution in [1.29, 1.82) is 0 Å². The summed E-state index contributed by atoms with van der Waals surface area (Å²) in [6.07, 6.45) is 4.36. The lowest BCUT2D eigenvalue weighted by molar-refractivity contribution is 0.0498. The van der Waals surface area contributed by atoms with Crippen LogP contribution in [0.25, 0.3) is 32.9 Å². The quantitative estimate of drug-likeness (QED) is 0.200. The first-order chi connectivity index (χ1) is 14.3. The first-order valence-corrected chi connectivity index (χ1v) is 10.3. The molecule has 0 unspecified atom stereocenters. The lowest BCUT2D eigenvalue weighted by Gasteiger charge is -2.12. The molecular formula is C26H25NO2. The van der Waals surface area contributed by atoms with E-state index in [1.54, 1.807) is 0 Å². The lowest BCUT2D eigenvalue weighted by Crippen LogP contribution is -2.06. The Balaban J connectivity index is 1.71. The molecule has 0 aliphatic rings. The minimum absolute atomic E-state index is 0.258. The van der Waals surface area contributed by atoms with Crippen LogP contribution in [-0.2, 0) is 4.74 Å². The minimum atomic E-state index is -0.258. The van der Waals surface area contributed by atoms with E-state index in [1.165, 1.54) is 12.8 Å². The van der Waals surface area contributed by atoms with Gasteiger partial charge < -0.3 is 4.74 Å². The molecule has 0 N–H and O–H groups in total. The third-order valence-electron chi connectivity index (χ3n) is 5.21. The molecule has 0 amide bonds. The monoisotopic (exact) mass is 383 g/mol. The molecule has 0 bridgehead atoms. The van der Waals surface area contributed by atoms with E-state index >= 15 is 0 Å². The first kappa shape index (κ1) is 19.1. The summed E-state index contributed by atoms with van der Waals surface area (Å²) < 4.78 is 5.49. The van der Waals surface area contributed by atoms with Crippen LogP contribution < -0.4 is 0 Å². The molecule has 4 aromatic rings. The standard InChI is InChI=1S/C26H25NO2/c1-2-3-4-9-17-29-26(28)20-12-10-11-19(18-20)25-21-13-5-7-15-23(21)27-24-16-8-6-14-22(24)25/h5-8,10-16,18H,2-4,9,17H2,1H3. The number of aromatic nitrogens is 1. The summed E-state index contributed by atoms with van der Waals surface area (Å²) in [5.41, 5.74) is 4.59. The molecule has 0 atom stereocenters. The Morgan fingerprint density at radius 3 is 2.21 bits per heavy atom. The van der Waals surface area contributed by atoms with E-state index in [1.807, 2.05) is 60.7 Å². The van der Waals surface area contributed by atoms with Crippen LogP contribution in [0, 0.1) is 0 Å². The van der Waals surface area contributed by atoms with Gasteiger partial charge in [0.2, 0.25) is 0 Å². The van der Waals surface area contributed by atoms with Gasteiger partial charge in [-0.3, -0.25) is 0 Å². The van der Waals surface area contributed by atoms with Crippen molar-refractivity contribution in [3.8, 4) is 11.1 Å². The molecule has 0 aliphatic carbocycles. The van der Waals surface area contributed by atoms with Crippen LogP contribution in [0.1, 0.15) is 43.0 Å². The maximum atomic E-state index is 12.6. The Kier molecular flexibility index (Phi) is 5.85. The zero-order valence-corrected chi connectivity index (χ0v) is 16.7. The SMILES string of the molecule is CCCCCCOC(=O)c1cccc(-c2c3ccccc3nc3ccccc23)c1. The fraction of sp³-hybridized carbons (Fsp3) is 0.231. The molecule has 0 aliphatic heterocycles. The van der Waals surface area contributed by atoms with Crippen LogP contribution in [0.15, 0.2) is 72.8 Å².